The molecule has 0 unspecified atom stereocenters. The lowest BCUT2D eigenvalue weighted by atomic mass is 10.1. The first-order chi connectivity index (χ1) is 8.08. The van der Waals surface area contributed by atoms with Gasteiger partial charge in [0, 0.05) is 22.5 Å². The minimum absolute atomic E-state index is 0.00752. The van der Waals surface area contributed by atoms with Crippen LogP contribution in [0.2, 0.25) is 5.02 Å². The van der Waals surface area contributed by atoms with Crippen LogP contribution in [0.5, 0.6) is 0 Å². The van der Waals surface area contributed by atoms with E-state index in [1.807, 2.05) is 6.07 Å². The van der Waals surface area contributed by atoms with Crippen LogP contribution in [-0.4, -0.2) is 4.57 Å². The molecule has 2 N–H and O–H groups in total. The Kier molecular flexibility index (Phi) is 3.20. The highest BCUT2D eigenvalue weighted by Gasteiger charge is 2.04. The summed E-state index contributed by atoms with van der Waals surface area (Å²) in [4.78, 5) is 11.9. The van der Waals surface area contributed by atoms with Gasteiger partial charge in [-0.15, -0.1) is 0 Å². The molecule has 2 aromatic rings. The van der Waals surface area contributed by atoms with Crippen molar-refractivity contribution in [1.29, 1.82) is 0 Å². The quantitative estimate of drug-likeness (QED) is 0.830. The Morgan fingerprint density at radius 3 is 2.88 bits per heavy atom. The van der Waals surface area contributed by atoms with E-state index in [4.69, 9.17) is 17.3 Å². The van der Waals surface area contributed by atoms with Crippen LogP contribution in [0.15, 0.2) is 41.3 Å². The molecule has 2 rings (SSSR count). The van der Waals surface area contributed by atoms with Gasteiger partial charge in [-0.05, 0) is 36.8 Å². The number of nitrogens with two attached hydrogens (primary N) is 1. The summed E-state index contributed by atoms with van der Waals surface area (Å²) >= 11 is 5.91. The second-order valence-electron chi connectivity index (χ2n) is 3.97. The van der Waals surface area contributed by atoms with Gasteiger partial charge in [-0.1, -0.05) is 17.7 Å². The largest absolute Gasteiger partial charge is 0.398 e. The molecule has 0 amide bonds. The lowest BCUT2D eigenvalue weighted by molar-refractivity contribution is 0.754. The van der Waals surface area contributed by atoms with E-state index in [0.29, 0.717) is 22.8 Å². The number of rotatable bonds is 2. The molecule has 1 heterocycles. The number of hydrogen-bond acceptors (Lipinski definition) is 2. The number of nitrogens with zero attached hydrogens (tertiary/aromatic N) is 1. The molecule has 4 heteroatoms. The maximum absolute atomic E-state index is 11.9. The summed E-state index contributed by atoms with van der Waals surface area (Å²) in [7, 11) is 0. The Bertz CT molecular complexity index is 605. The maximum atomic E-state index is 11.9. The predicted octanol–water partition coefficient (Wildman–Crippen LogP) is 2.44. The summed E-state index contributed by atoms with van der Waals surface area (Å²) in [5.74, 6) is 0. The highest BCUT2D eigenvalue weighted by molar-refractivity contribution is 6.30. The highest BCUT2D eigenvalue weighted by atomic mass is 35.5. The van der Waals surface area contributed by atoms with E-state index >= 15 is 0 Å². The van der Waals surface area contributed by atoms with Crippen molar-refractivity contribution >= 4 is 17.3 Å². The van der Waals surface area contributed by atoms with E-state index in [2.05, 4.69) is 0 Å². The van der Waals surface area contributed by atoms with Crippen molar-refractivity contribution in [3.8, 4) is 0 Å². The number of nitrogen functional groups attached to an aromatic ring is 1. The van der Waals surface area contributed by atoms with Gasteiger partial charge in [0.05, 0.1) is 6.54 Å². The SMILES string of the molecule is Cc1cccn(Cc2cc(Cl)ccc2N)c1=O. The summed E-state index contributed by atoms with van der Waals surface area (Å²) in [6.07, 6.45) is 1.75. The van der Waals surface area contributed by atoms with E-state index in [-0.39, 0.29) is 5.56 Å². The summed E-state index contributed by atoms with van der Waals surface area (Å²) in [6, 6.07) is 8.90. The van der Waals surface area contributed by atoms with E-state index in [1.165, 1.54) is 0 Å². The minimum atomic E-state index is -0.00752. The van der Waals surface area contributed by atoms with Crippen LogP contribution in [-0.2, 0) is 6.54 Å². The van der Waals surface area contributed by atoms with Crippen molar-refractivity contribution in [2.45, 2.75) is 13.5 Å². The highest BCUT2D eigenvalue weighted by Crippen LogP contribution is 2.18. The van der Waals surface area contributed by atoms with Crippen molar-refractivity contribution in [3.05, 3.63) is 63.0 Å². The lowest BCUT2D eigenvalue weighted by Crippen LogP contribution is -2.22. The molecular weight excluding hydrogens is 236 g/mol. The van der Waals surface area contributed by atoms with Crippen LogP contribution in [0.1, 0.15) is 11.1 Å². The lowest BCUT2D eigenvalue weighted by Gasteiger charge is -2.09. The molecule has 0 atom stereocenters. The molecule has 0 radical (unpaired) electrons. The van der Waals surface area contributed by atoms with Crippen molar-refractivity contribution in [3.63, 3.8) is 0 Å². The minimum Gasteiger partial charge on any atom is -0.398 e. The number of benzene rings is 1. The van der Waals surface area contributed by atoms with E-state index in [1.54, 1.807) is 42.0 Å². The molecule has 17 heavy (non-hydrogen) atoms. The van der Waals surface area contributed by atoms with Crippen molar-refractivity contribution in [2.24, 2.45) is 0 Å². The number of hydrogen-bond donors (Lipinski definition) is 1. The zero-order valence-electron chi connectivity index (χ0n) is 9.48. The standard InChI is InChI=1S/C13H13ClN2O/c1-9-3-2-6-16(13(9)17)8-10-7-11(14)4-5-12(10)15/h2-7H,8,15H2,1H3. The van der Waals surface area contributed by atoms with Gasteiger partial charge in [0.2, 0.25) is 0 Å². The average molecular weight is 249 g/mol. The molecule has 0 saturated heterocycles. The molecule has 3 nitrogen and oxygen atoms in total. The molecule has 1 aromatic carbocycles. The zero-order chi connectivity index (χ0) is 12.4. The van der Waals surface area contributed by atoms with E-state index in [0.717, 1.165) is 5.56 Å². The van der Waals surface area contributed by atoms with Gasteiger partial charge in [-0.3, -0.25) is 4.79 Å². The number of pyridine rings is 1. The van der Waals surface area contributed by atoms with Gasteiger partial charge in [-0.2, -0.15) is 0 Å². The molecule has 0 bridgehead atoms. The van der Waals surface area contributed by atoms with Crippen molar-refractivity contribution in [1.82, 2.24) is 4.57 Å². The molecule has 0 saturated carbocycles. The van der Waals surface area contributed by atoms with Crippen LogP contribution < -0.4 is 11.3 Å². The Labute approximate surface area is 104 Å². The Hall–Kier alpha value is -1.74. The predicted molar refractivity (Wildman–Crippen MR) is 70.4 cm³/mol. The normalized spacial score (nSPS) is 10.5. The summed E-state index contributed by atoms with van der Waals surface area (Å²) in [5.41, 5.74) is 8.05. The van der Waals surface area contributed by atoms with E-state index in [9.17, 15) is 4.79 Å². The Morgan fingerprint density at radius 1 is 1.35 bits per heavy atom. The van der Waals surface area contributed by atoms with Crippen LogP contribution >= 0.6 is 11.6 Å². The third kappa shape index (κ3) is 2.50. The van der Waals surface area contributed by atoms with Gasteiger partial charge < -0.3 is 10.3 Å². The first kappa shape index (κ1) is 11.7. The van der Waals surface area contributed by atoms with Crippen molar-refractivity contribution in [2.75, 3.05) is 5.73 Å². The van der Waals surface area contributed by atoms with Gasteiger partial charge in [-0.25, -0.2) is 0 Å². The summed E-state index contributed by atoms with van der Waals surface area (Å²) in [6.45, 7) is 2.23. The third-order valence-corrected chi connectivity index (χ3v) is 2.89. The fraction of sp³-hybridized carbons (Fsp3) is 0.154. The summed E-state index contributed by atoms with van der Waals surface area (Å²) in [5, 5.41) is 0.620. The second kappa shape index (κ2) is 4.63. The fourth-order valence-corrected chi connectivity index (χ4v) is 1.87. The Morgan fingerprint density at radius 2 is 2.12 bits per heavy atom. The van der Waals surface area contributed by atoms with Crippen LogP contribution in [0.3, 0.4) is 0 Å². The fourth-order valence-electron chi connectivity index (χ4n) is 1.68. The molecule has 0 spiro atoms. The van der Waals surface area contributed by atoms with Gasteiger partial charge >= 0.3 is 0 Å². The van der Waals surface area contributed by atoms with Crippen LogP contribution in [0.25, 0.3) is 0 Å². The molecule has 88 valence electrons. The van der Waals surface area contributed by atoms with E-state index < -0.39 is 0 Å². The second-order valence-corrected chi connectivity index (χ2v) is 4.40. The number of aryl methyl sites for hydroxylation is 1. The summed E-state index contributed by atoms with van der Waals surface area (Å²) < 4.78 is 1.62. The Balaban J connectivity index is 2.41. The van der Waals surface area contributed by atoms with Crippen molar-refractivity contribution < 1.29 is 0 Å². The monoisotopic (exact) mass is 248 g/mol. The number of anilines is 1. The number of halogens is 1. The van der Waals surface area contributed by atoms with Gasteiger partial charge in [0.15, 0.2) is 0 Å². The van der Waals surface area contributed by atoms with Gasteiger partial charge in [0.25, 0.3) is 5.56 Å². The van der Waals surface area contributed by atoms with Gasteiger partial charge in [0.1, 0.15) is 0 Å². The molecule has 1 aromatic heterocycles. The van der Waals surface area contributed by atoms with Crippen LogP contribution in [0, 0.1) is 6.92 Å². The molecular formula is C13H13ClN2O. The maximum Gasteiger partial charge on any atom is 0.253 e. The zero-order valence-corrected chi connectivity index (χ0v) is 10.2. The number of aromatic nitrogens is 1. The van der Waals surface area contributed by atoms with Crippen LogP contribution in [0.4, 0.5) is 5.69 Å². The first-order valence-corrected chi connectivity index (χ1v) is 5.65. The molecule has 0 fully saturated rings. The first-order valence-electron chi connectivity index (χ1n) is 5.28. The third-order valence-electron chi connectivity index (χ3n) is 2.66. The average Bonchev–Trinajstić information content (AvgIpc) is 2.30. The molecule has 0 aliphatic heterocycles. The molecule has 0 aliphatic carbocycles. The topological polar surface area (TPSA) is 48.0 Å². The smallest absolute Gasteiger partial charge is 0.253 e. The molecule has 0 aliphatic rings.